The van der Waals surface area contributed by atoms with Crippen molar-refractivity contribution in [3.63, 3.8) is 0 Å². The van der Waals surface area contributed by atoms with E-state index in [0.29, 0.717) is 0 Å². The van der Waals surface area contributed by atoms with Crippen LogP contribution in [0.15, 0.2) is 48.5 Å². The Morgan fingerprint density at radius 3 is 2.60 bits per heavy atom. The number of hydrogen-bond acceptors (Lipinski definition) is 4. The highest BCUT2D eigenvalue weighted by Gasteiger charge is 2.22. The van der Waals surface area contributed by atoms with Gasteiger partial charge in [0.25, 0.3) is 0 Å². The number of nitrogens with zero attached hydrogens (tertiary/aromatic N) is 1. The van der Waals surface area contributed by atoms with E-state index in [1.807, 2.05) is 18.2 Å². The van der Waals surface area contributed by atoms with Crippen LogP contribution in [0.3, 0.4) is 0 Å². The van der Waals surface area contributed by atoms with Gasteiger partial charge in [0.15, 0.2) is 0 Å². The quantitative estimate of drug-likeness (QED) is 0.837. The van der Waals surface area contributed by atoms with Crippen LogP contribution in [0, 0.1) is 5.82 Å². The fourth-order valence-corrected chi connectivity index (χ4v) is 3.16. The molecule has 1 heterocycles. The van der Waals surface area contributed by atoms with Crippen LogP contribution >= 0.6 is 0 Å². The Hall–Kier alpha value is -1.95. The first-order chi connectivity index (χ1) is 12.3. The Kier molecular flexibility index (Phi) is 6.39. The molecule has 1 aliphatic rings. The minimum atomic E-state index is -0.189. The van der Waals surface area contributed by atoms with Crippen molar-refractivity contribution in [2.24, 2.45) is 0 Å². The molecule has 2 aromatic rings. The number of hydrogen-bond donors (Lipinski definition) is 1. The number of nitrogens with one attached hydrogen (secondary N) is 1. The van der Waals surface area contributed by atoms with Gasteiger partial charge in [0.1, 0.15) is 11.6 Å². The Labute approximate surface area is 148 Å². The summed E-state index contributed by atoms with van der Waals surface area (Å²) in [5.74, 6) is 0.667. The molecule has 1 aliphatic heterocycles. The standard InChI is InChI=1S/C20H25FN2O2/c1-24-19-7-5-16(6-8-19)14-22-15-20(23-9-11-25-12-10-23)17-3-2-4-18(21)13-17/h2-8,13,20,22H,9-12,14-15H2,1H3. The number of ether oxygens (including phenoxy) is 2. The average molecular weight is 344 g/mol. The predicted molar refractivity (Wildman–Crippen MR) is 96.2 cm³/mol. The molecule has 4 nitrogen and oxygen atoms in total. The third-order valence-electron chi connectivity index (χ3n) is 4.55. The van der Waals surface area contributed by atoms with Gasteiger partial charge in [-0.3, -0.25) is 4.90 Å². The van der Waals surface area contributed by atoms with Gasteiger partial charge in [0.2, 0.25) is 0 Å². The van der Waals surface area contributed by atoms with Gasteiger partial charge < -0.3 is 14.8 Å². The molecule has 2 aromatic carbocycles. The Morgan fingerprint density at radius 1 is 1.16 bits per heavy atom. The van der Waals surface area contributed by atoms with E-state index in [4.69, 9.17) is 9.47 Å². The zero-order valence-corrected chi connectivity index (χ0v) is 14.6. The van der Waals surface area contributed by atoms with Crippen LogP contribution in [0.25, 0.3) is 0 Å². The van der Waals surface area contributed by atoms with Gasteiger partial charge in [0, 0.05) is 32.2 Å². The molecule has 1 fully saturated rings. The second kappa shape index (κ2) is 8.94. The lowest BCUT2D eigenvalue weighted by molar-refractivity contribution is 0.0160. The molecule has 0 aliphatic carbocycles. The fraction of sp³-hybridized carbons (Fsp3) is 0.400. The molecule has 1 atom stereocenters. The van der Waals surface area contributed by atoms with Gasteiger partial charge >= 0.3 is 0 Å². The fourth-order valence-electron chi connectivity index (χ4n) is 3.16. The van der Waals surface area contributed by atoms with E-state index >= 15 is 0 Å². The average Bonchev–Trinajstić information content (AvgIpc) is 2.66. The molecule has 25 heavy (non-hydrogen) atoms. The van der Waals surface area contributed by atoms with Crippen LogP contribution in [0.1, 0.15) is 17.2 Å². The van der Waals surface area contributed by atoms with Crippen molar-refractivity contribution in [2.75, 3.05) is 40.0 Å². The molecule has 0 aromatic heterocycles. The minimum absolute atomic E-state index is 0.137. The van der Waals surface area contributed by atoms with E-state index in [1.165, 1.54) is 11.6 Å². The van der Waals surface area contributed by atoms with E-state index in [2.05, 4.69) is 22.3 Å². The molecule has 1 saturated heterocycles. The monoisotopic (exact) mass is 344 g/mol. The molecule has 0 radical (unpaired) electrons. The van der Waals surface area contributed by atoms with Crippen LogP contribution < -0.4 is 10.1 Å². The zero-order chi connectivity index (χ0) is 17.5. The number of benzene rings is 2. The highest BCUT2D eigenvalue weighted by atomic mass is 19.1. The summed E-state index contributed by atoms with van der Waals surface area (Å²) in [6, 6.07) is 15.1. The van der Waals surface area contributed by atoms with Crippen molar-refractivity contribution in [3.05, 3.63) is 65.5 Å². The SMILES string of the molecule is COc1ccc(CNCC(c2cccc(F)c2)N2CCOCC2)cc1. The molecular formula is C20H25FN2O2. The zero-order valence-electron chi connectivity index (χ0n) is 14.6. The van der Waals surface area contributed by atoms with E-state index in [1.54, 1.807) is 19.2 Å². The lowest BCUT2D eigenvalue weighted by Crippen LogP contribution is -2.42. The number of rotatable bonds is 7. The maximum absolute atomic E-state index is 13.7. The van der Waals surface area contributed by atoms with Crippen molar-refractivity contribution in [1.82, 2.24) is 10.2 Å². The molecule has 1 N–H and O–H groups in total. The first-order valence-corrected chi connectivity index (χ1v) is 8.67. The molecular weight excluding hydrogens is 319 g/mol. The summed E-state index contributed by atoms with van der Waals surface area (Å²) in [6.07, 6.45) is 0. The van der Waals surface area contributed by atoms with Crippen LogP contribution in [0.4, 0.5) is 4.39 Å². The first-order valence-electron chi connectivity index (χ1n) is 8.67. The van der Waals surface area contributed by atoms with Gasteiger partial charge in [-0.2, -0.15) is 0 Å². The van der Waals surface area contributed by atoms with Crippen LogP contribution in [0.2, 0.25) is 0 Å². The Bertz CT molecular complexity index is 657. The summed E-state index contributed by atoms with van der Waals surface area (Å²) in [6.45, 7) is 4.71. The van der Waals surface area contributed by atoms with Crippen molar-refractivity contribution in [3.8, 4) is 5.75 Å². The summed E-state index contributed by atoms with van der Waals surface area (Å²) in [5, 5.41) is 3.51. The molecule has 0 bridgehead atoms. The van der Waals surface area contributed by atoms with Gasteiger partial charge in [-0.05, 0) is 35.4 Å². The number of halogens is 1. The van der Waals surface area contributed by atoms with Crippen LogP contribution in [0.5, 0.6) is 5.75 Å². The lowest BCUT2D eigenvalue weighted by atomic mass is 10.0. The third-order valence-corrected chi connectivity index (χ3v) is 4.55. The second-order valence-electron chi connectivity index (χ2n) is 6.20. The second-order valence-corrected chi connectivity index (χ2v) is 6.20. The van der Waals surface area contributed by atoms with E-state index < -0.39 is 0 Å². The maximum atomic E-state index is 13.7. The van der Waals surface area contributed by atoms with E-state index in [9.17, 15) is 4.39 Å². The van der Waals surface area contributed by atoms with Gasteiger partial charge in [-0.15, -0.1) is 0 Å². The number of morpholine rings is 1. The molecule has 0 amide bonds. The molecule has 0 spiro atoms. The molecule has 3 rings (SSSR count). The van der Waals surface area contributed by atoms with Crippen molar-refractivity contribution in [1.29, 1.82) is 0 Å². The predicted octanol–water partition coefficient (Wildman–Crippen LogP) is 3.00. The van der Waals surface area contributed by atoms with Crippen molar-refractivity contribution in [2.45, 2.75) is 12.6 Å². The van der Waals surface area contributed by atoms with Gasteiger partial charge in [-0.1, -0.05) is 24.3 Å². The van der Waals surface area contributed by atoms with Crippen molar-refractivity contribution >= 4 is 0 Å². The minimum Gasteiger partial charge on any atom is -0.497 e. The van der Waals surface area contributed by atoms with Crippen LogP contribution in [-0.4, -0.2) is 44.9 Å². The number of methoxy groups -OCH3 is 1. The first kappa shape index (κ1) is 17.9. The summed E-state index contributed by atoms with van der Waals surface area (Å²) in [7, 11) is 1.67. The van der Waals surface area contributed by atoms with Crippen LogP contribution in [-0.2, 0) is 11.3 Å². The highest BCUT2D eigenvalue weighted by Crippen LogP contribution is 2.22. The molecule has 1 unspecified atom stereocenters. The smallest absolute Gasteiger partial charge is 0.123 e. The highest BCUT2D eigenvalue weighted by molar-refractivity contribution is 5.27. The summed E-state index contributed by atoms with van der Waals surface area (Å²) in [5.41, 5.74) is 2.20. The van der Waals surface area contributed by atoms with E-state index in [0.717, 1.165) is 50.7 Å². The molecule has 0 saturated carbocycles. The van der Waals surface area contributed by atoms with Crippen molar-refractivity contribution < 1.29 is 13.9 Å². The lowest BCUT2D eigenvalue weighted by Gasteiger charge is -2.35. The topological polar surface area (TPSA) is 33.7 Å². The van der Waals surface area contributed by atoms with Gasteiger partial charge in [0.05, 0.1) is 20.3 Å². The summed E-state index contributed by atoms with van der Waals surface area (Å²) >= 11 is 0. The Balaban J connectivity index is 1.64. The normalized spacial score (nSPS) is 16.6. The van der Waals surface area contributed by atoms with Gasteiger partial charge in [-0.25, -0.2) is 4.39 Å². The maximum Gasteiger partial charge on any atom is 0.123 e. The summed E-state index contributed by atoms with van der Waals surface area (Å²) < 4.78 is 24.3. The Morgan fingerprint density at radius 2 is 1.92 bits per heavy atom. The molecule has 134 valence electrons. The third kappa shape index (κ3) is 5.01. The largest absolute Gasteiger partial charge is 0.497 e. The molecule has 5 heteroatoms. The summed E-state index contributed by atoms with van der Waals surface area (Å²) in [4.78, 5) is 2.36. The van der Waals surface area contributed by atoms with E-state index in [-0.39, 0.29) is 11.9 Å².